The maximum absolute atomic E-state index is 13.3. The fraction of sp³-hybridized carbons (Fsp3) is 0.0769. The standard InChI is InChI=1S/C13H10BrFN2O/c1-8-5-6-16-7-11(8)17-13(18)9-3-2-4-10(15)12(9)14/h2-7H,1H3,(H,17,18). The van der Waals surface area contributed by atoms with Gasteiger partial charge in [-0.05, 0) is 46.6 Å². The molecule has 0 aliphatic rings. The predicted octanol–water partition coefficient (Wildman–Crippen LogP) is 3.54. The summed E-state index contributed by atoms with van der Waals surface area (Å²) >= 11 is 3.06. The Kier molecular flexibility index (Phi) is 3.72. The van der Waals surface area contributed by atoms with Crippen molar-refractivity contribution in [1.29, 1.82) is 0 Å². The maximum Gasteiger partial charge on any atom is 0.256 e. The van der Waals surface area contributed by atoms with E-state index in [1.165, 1.54) is 12.1 Å². The van der Waals surface area contributed by atoms with Crippen molar-refractivity contribution < 1.29 is 9.18 Å². The SMILES string of the molecule is Cc1ccncc1NC(=O)c1cccc(F)c1Br. The molecule has 0 unspecified atom stereocenters. The van der Waals surface area contributed by atoms with Crippen LogP contribution in [-0.4, -0.2) is 10.9 Å². The molecule has 0 radical (unpaired) electrons. The van der Waals surface area contributed by atoms with Gasteiger partial charge in [0.1, 0.15) is 5.82 Å². The van der Waals surface area contributed by atoms with Gasteiger partial charge in [-0.25, -0.2) is 4.39 Å². The molecule has 2 rings (SSSR count). The lowest BCUT2D eigenvalue weighted by atomic mass is 10.2. The van der Waals surface area contributed by atoms with Crippen molar-refractivity contribution in [3.05, 3.63) is 58.1 Å². The fourth-order valence-electron chi connectivity index (χ4n) is 1.46. The number of hydrogen-bond acceptors (Lipinski definition) is 2. The molecule has 1 heterocycles. The molecule has 1 aromatic heterocycles. The van der Waals surface area contributed by atoms with Crippen molar-refractivity contribution in [2.75, 3.05) is 5.32 Å². The Morgan fingerprint density at radius 3 is 2.89 bits per heavy atom. The Bertz CT molecular complexity index is 601. The highest BCUT2D eigenvalue weighted by atomic mass is 79.9. The van der Waals surface area contributed by atoms with Crippen LogP contribution < -0.4 is 5.32 Å². The van der Waals surface area contributed by atoms with Crippen LogP contribution in [0.2, 0.25) is 0 Å². The summed E-state index contributed by atoms with van der Waals surface area (Å²) in [6, 6.07) is 6.12. The first kappa shape index (κ1) is 12.7. The van der Waals surface area contributed by atoms with Gasteiger partial charge in [0, 0.05) is 6.20 Å². The van der Waals surface area contributed by atoms with Crippen molar-refractivity contribution in [3.63, 3.8) is 0 Å². The van der Waals surface area contributed by atoms with E-state index in [9.17, 15) is 9.18 Å². The molecule has 1 N–H and O–H groups in total. The topological polar surface area (TPSA) is 42.0 Å². The van der Waals surface area contributed by atoms with Gasteiger partial charge in [-0.15, -0.1) is 0 Å². The van der Waals surface area contributed by atoms with Gasteiger partial charge < -0.3 is 5.32 Å². The number of rotatable bonds is 2. The smallest absolute Gasteiger partial charge is 0.256 e. The van der Waals surface area contributed by atoms with Crippen LogP contribution in [0.4, 0.5) is 10.1 Å². The molecule has 2 aromatic rings. The largest absolute Gasteiger partial charge is 0.320 e. The number of benzene rings is 1. The fourth-order valence-corrected chi connectivity index (χ4v) is 1.91. The predicted molar refractivity (Wildman–Crippen MR) is 71.0 cm³/mol. The highest BCUT2D eigenvalue weighted by Gasteiger charge is 2.13. The zero-order valence-electron chi connectivity index (χ0n) is 9.58. The molecule has 5 heteroatoms. The summed E-state index contributed by atoms with van der Waals surface area (Å²) in [4.78, 5) is 15.9. The summed E-state index contributed by atoms with van der Waals surface area (Å²) in [6.07, 6.45) is 3.20. The van der Waals surface area contributed by atoms with Gasteiger partial charge in [0.2, 0.25) is 0 Å². The van der Waals surface area contributed by atoms with Gasteiger partial charge in [-0.1, -0.05) is 6.07 Å². The van der Waals surface area contributed by atoms with E-state index in [4.69, 9.17) is 0 Å². The molecule has 1 aromatic carbocycles. The number of hydrogen-bond donors (Lipinski definition) is 1. The molecule has 0 spiro atoms. The molecular formula is C13H10BrFN2O. The summed E-state index contributed by atoms with van der Waals surface area (Å²) in [5.41, 5.74) is 1.75. The molecule has 0 aliphatic carbocycles. The third kappa shape index (κ3) is 2.56. The number of aromatic nitrogens is 1. The Hall–Kier alpha value is -1.75. The highest BCUT2D eigenvalue weighted by Crippen LogP contribution is 2.22. The van der Waals surface area contributed by atoms with Gasteiger partial charge >= 0.3 is 0 Å². The lowest BCUT2D eigenvalue weighted by Crippen LogP contribution is -2.14. The Labute approximate surface area is 112 Å². The molecule has 0 fully saturated rings. The minimum absolute atomic E-state index is 0.157. The summed E-state index contributed by atoms with van der Waals surface area (Å²) in [5.74, 6) is -0.844. The molecule has 0 bridgehead atoms. The van der Waals surface area contributed by atoms with E-state index in [-0.39, 0.29) is 15.9 Å². The summed E-state index contributed by atoms with van der Waals surface area (Å²) in [7, 11) is 0. The van der Waals surface area contributed by atoms with Crippen LogP contribution in [0.5, 0.6) is 0 Å². The molecule has 0 aliphatic heterocycles. The number of anilines is 1. The van der Waals surface area contributed by atoms with E-state index in [1.54, 1.807) is 24.5 Å². The number of pyridine rings is 1. The second kappa shape index (κ2) is 5.27. The lowest BCUT2D eigenvalue weighted by molar-refractivity contribution is 0.102. The monoisotopic (exact) mass is 308 g/mol. The first-order chi connectivity index (χ1) is 8.59. The third-order valence-corrected chi connectivity index (χ3v) is 3.29. The van der Waals surface area contributed by atoms with Gasteiger partial charge in [-0.3, -0.25) is 9.78 Å². The first-order valence-electron chi connectivity index (χ1n) is 5.25. The first-order valence-corrected chi connectivity index (χ1v) is 6.05. The van der Waals surface area contributed by atoms with E-state index in [0.29, 0.717) is 5.69 Å². The number of carbonyl (C=O) groups excluding carboxylic acids is 1. The van der Waals surface area contributed by atoms with Crippen molar-refractivity contribution >= 4 is 27.5 Å². The molecule has 0 saturated heterocycles. The van der Waals surface area contributed by atoms with E-state index < -0.39 is 5.82 Å². The maximum atomic E-state index is 13.3. The second-order valence-corrected chi connectivity index (χ2v) is 4.54. The van der Waals surface area contributed by atoms with Crippen molar-refractivity contribution in [3.8, 4) is 0 Å². The van der Waals surface area contributed by atoms with E-state index in [2.05, 4.69) is 26.2 Å². The van der Waals surface area contributed by atoms with Crippen molar-refractivity contribution in [2.45, 2.75) is 6.92 Å². The summed E-state index contributed by atoms with van der Waals surface area (Å²) in [6.45, 7) is 1.86. The third-order valence-electron chi connectivity index (χ3n) is 2.48. The molecule has 3 nitrogen and oxygen atoms in total. The number of aryl methyl sites for hydroxylation is 1. The molecule has 0 saturated carbocycles. The van der Waals surface area contributed by atoms with Crippen molar-refractivity contribution in [1.82, 2.24) is 4.98 Å². The molecule has 18 heavy (non-hydrogen) atoms. The quantitative estimate of drug-likeness (QED) is 0.922. The Morgan fingerprint density at radius 1 is 1.39 bits per heavy atom. The number of halogens is 2. The van der Waals surface area contributed by atoms with Crippen LogP contribution in [0.15, 0.2) is 41.1 Å². The van der Waals surface area contributed by atoms with Crippen molar-refractivity contribution in [2.24, 2.45) is 0 Å². The van der Waals surface area contributed by atoms with E-state index in [0.717, 1.165) is 5.56 Å². The van der Waals surface area contributed by atoms with Crippen LogP contribution in [0.1, 0.15) is 15.9 Å². The molecule has 92 valence electrons. The molecular weight excluding hydrogens is 299 g/mol. The minimum atomic E-state index is -0.467. The molecule has 1 amide bonds. The van der Waals surface area contributed by atoms with Gasteiger partial charge in [-0.2, -0.15) is 0 Å². The van der Waals surface area contributed by atoms with E-state index in [1.807, 2.05) is 6.92 Å². The van der Waals surface area contributed by atoms with Crippen LogP contribution in [0, 0.1) is 12.7 Å². The van der Waals surface area contributed by atoms with Crippen LogP contribution in [-0.2, 0) is 0 Å². The highest BCUT2D eigenvalue weighted by molar-refractivity contribution is 9.10. The van der Waals surface area contributed by atoms with E-state index >= 15 is 0 Å². The normalized spacial score (nSPS) is 10.2. The zero-order valence-corrected chi connectivity index (χ0v) is 11.2. The van der Waals surface area contributed by atoms with Gasteiger partial charge in [0.05, 0.1) is 21.9 Å². The number of nitrogens with zero attached hydrogens (tertiary/aromatic N) is 1. The Balaban J connectivity index is 2.28. The number of amides is 1. The van der Waals surface area contributed by atoms with Gasteiger partial charge in [0.15, 0.2) is 0 Å². The Morgan fingerprint density at radius 2 is 2.17 bits per heavy atom. The number of nitrogens with one attached hydrogen (secondary N) is 1. The van der Waals surface area contributed by atoms with Crippen LogP contribution in [0.25, 0.3) is 0 Å². The average Bonchev–Trinajstić information content (AvgIpc) is 2.35. The lowest BCUT2D eigenvalue weighted by Gasteiger charge is -2.08. The van der Waals surface area contributed by atoms with Crippen LogP contribution >= 0.6 is 15.9 Å². The second-order valence-electron chi connectivity index (χ2n) is 3.75. The van der Waals surface area contributed by atoms with Crippen LogP contribution in [0.3, 0.4) is 0 Å². The zero-order chi connectivity index (χ0) is 13.1. The minimum Gasteiger partial charge on any atom is -0.320 e. The molecule has 0 atom stereocenters. The van der Waals surface area contributed by atoms with Gasteiger partial charge in [0.25, 0.3) is 5.91 Å². The summed E-state index contributed by atoms with van der Waals surface area (Å²) in [5, 5.41) is 2.70. The summed E-state index contributed by atoms with van der Waals surface area (Å²) < 4.78 is 13.5. The number of carbonyl (C=O) groups is 1. The average molecular weight is 309 g/mol.